The molecule has 2 aromatic heterocycles. The highest BCUT2D eigenvalue weighted by atomic mass is 32.1. The predicted octanol–water partition coefficient (Wildman–Crippen LogP) is 1.34. The summed E-state index contributed by atoms with van der Waals surface area (Å²) in [6.07, 6.45) is 4.57. The van der Waals surface area contributed by atoms with E-state index in [1.807, 2.05) is 0 Å². The van der Waals surface area contributed by atoms with Crippen molar-refractivity contribution in [2.75, 3.05) is 7.11 Å². The molecule has 19 heavy (non-hydrogen) atoms. The molecular weight excluding hydrogens is 268 g/mol. The van der Waals surface area contributed by atoms with E-state index in [0.717, 1.165) is 21.6 Å². The van der Waals surface area contributed by atoms with E-state index in [0.29, 0.717) is 11.3 Å². The molecule has 3 aromatic rings. The van der Waals surface area contributed by atoms with Crippen LogP contribution in [0.25, 0.3) is 10.3 Å². The predicted molar refractivity (Wildman–Crippen MR) is 69.9 cm³/mol. The van der Waals surface area contributed by atoms with Crippen molar-refractivity contribution in [1.29, 1.82) is 0 Å². The van der Waals surface area contributed by atoms with Crippen LogP contribution in [-0.4, -0.2) is 28.2 Å². The Morgan fingerprint density at radius 1 is 1.42 bits per heavy atom. The average Bonchev–Trinajstić information content (AvgIpc) is 3.03. The van der Waals surface area contributed by atoms with E-state index in [-0.39, 0.29) is 4.94 Å². The minimum atomic E-state index is -0.360. The number of aromatic nitrogens is 3. The number of ether oxygens (including phenoxy) is 1. The van der Waals surface area contributed by atoms with Gasteiger partial charge in [-0.15, -0.1) is 10.2 Å². The molecule has 0 amide bonds. The van der Waals surface area contributed by atoms with Crippen LogP contribution in [0.2, 0.25) is 0 Å². The molecule has 0 aliphatic rings. The minimum absolute atomic E-state index is 0.360. The first-order valence-electron chi connectivity index (χ1n) is 5.27. The molecule has 0 radical (unpaired) electrons. The third kappa shape index (κ3) is 2.25. The van der Waals surface area contributed by atoms with Gasteiger partial charge in [0, 0.05) is 0 Å². The Morgan fingerprint density at radius 3 is 2.95 bits per heavy atom. The van der Waals surface area contributed by atoms with Crippen molar-refractivity contribution < 1.29 is 9.15 Å². The first kappa shape index (κ1) is 11.6. The molecule has 3 rings (SSSR count). The maximum atomic E-state index is 11.3. The van der Waals surface area contributed by atoms with E-state index in [1.165, 1.54) is 24.4 Å². The van der Waals surface area contributed by atoms with Gasteiger partial charge < -0.3 is 9.15 Å². The Kier molecular flexibility index (Phi) is 2.84. The lowest BCUT2D eigenvalue weighted by Gasteiger charge is -2.01. The third-order valence-electron chi connectivity index (χ3n) is 2.39. The van der Waals surface area contributed by atoms with Gasteiger partial charge in [-0.1, -0.05) is 11.3 Å². The molecule has 0 bridgehead atoms. The second kappa shape index (κ2) is 4.65. The largest absolute Gasteiger partial charge is 0.493 e. The van der Waals surface area contributed by atoms with Gasteiger partial charge in [0.2, 0.25) is 0 Å². The van der Waals surface area contributed by atoms with Crippen LogP contribution in [0, 0.1) is 0 Å². The first-order chi connectivity index (χ1) is 9.26. The van der Waals surface area contributed by atoms with Crippen LogP contribution < -0.4 is 9.68 Å². The molecule has 0 saturated heterocycles. The Bertz CT molecular complexity index is 788. The number of nitrogens with zero attached hydrogens (tertiary/aromatic N) is 4. The Morgan fingerprint density at radius 2 is 2.21 bits per heavy atom. The zero-order chi connectivity index (χ0) is 13.2. The van der Waals surface area contributed by atoms with E-state index >= 15 is 0 Å². The molecule has 0 aliphatic carbocycles. The lowest BCUT2D eigenvalue weighted by molar-refractivity contribution is 0.408. The summed E-state index contributed by atoms with van der Waals surface area (Å²) < 4.78 is 12.4. The van der Waals surface area contributed by atoms with Crippen molar-refractivity contribution in [3.63, 3.8) is 0 Å². The van der Waals surface area contributed by atoms with E-state index in [2.05, 4.69) is 15.3 Å². The molecule has 1 aromatic carbocycles. The number of hydrogen-bond donors (Lipinski definition) is 0. The van der Waals surface area contributed by atoms with E-state index in [9.17, 15) is 4.79 Å². The molecule has 0 N–H and O–H groups in total. The standard InChI is InChI=1S/C11H8N4O3S/c1-17-8-2-7(4-14-15-5-12-13-6-15)3-9-10(8)18-11(16)19-9/h2-6H,1H3. The Balaban J connectivity index is 2.06. The van der Waals surface area contributed by atoms with Crippen molar-refractivity contribution in [2.45, 2.75) is 0 Å². The highest BCUT2D eigenvalue weighted by molar-refractivity contribution is 7.16. The van der Waals surface area contributed by atoms with Gasteiger partial charge in [0.05, 0.1) is 18.0 Å². The first-order valence-corrected chi connectivity index (χ1v) is 6.08. The van der Waals surface area contributed by atoms with Crippen molar-refractivity contribution in [2.24, 2.45) is 5.10 Å². The average molecular weight is 276 g/mol. The van der Waals surface area contributed by atoms with Crippen LogP contribution in [-0.2, 0) is 0 Å². The minimum Gasteiger partial charge on any atom is -0.493 e. The smallest absolute Gasteiger partial charge is 0.396 e. The summed E-state index contributed by atoms with van der Waals surface area (Å²) in [5.41, 5.74) is 1.24. The normalized spacial score (nSPS) is 11.4. The molecule has 96 valence electrons. The SMILES string of the molecule is COc1cc(C=Nn2cnnc2)cc2sc(=O)oc12. The van der Waals surface area contributed by atoms with Crippen molar-refractivity contribution >= 4 is 27.8 Å². The van der Waals surface area contributed by atoms with Crippen molar-refractivity contribution in [1.82, 2.24) is 14.9 Å². The zero-order valence-corrected chi connectivity index (χ0v) is 10.6. The van der Waals surface area contributed by atoms with Gasteiger partial charge in [0.1, 0.15) is 12.7 Å². The fraction of sp³-hybridized carbons (Fsp3) is 0.0909. The monoisotopic (exact) mass is 276 g/mol. The van der Waals surface area contributed by atoms with Crippen molar-refractivity contribution in [3.8, 4) is 5.75 Å². The number of methoxy groups -OCH3 is 1. The van der Waals surface area contributed by atoms with Crippen LogP contribution in [0.5, 0.6) is 5.75 Å². The topological polar surface area (TPSA) is 82.5 Å². The zero-order valence-electron chi connectivity index (χ0n) is 9.81. The van der Waals surface area contributed by atoms with Crippen LogP contribution in [0.15, 0.2) is 39.1 Å². The fourth-order valence-electron chi connectivity index (χ4n) is 1.58. The fourth-order valence-corrected chi connectivity index (χ4v) is 2.32. The van der Waals surface area contributed by atoms with E-state index in [1.54, 1.807) is 18.3 Å². The Labute approximate surface area is 110 Å². The molecule has 0 spiro atoms. The second-order valence-corrected chi connectivity index (χ2v) is 4.57. The van der Waals surface area contributed by atoms with Gasteiger partial charge in [0.25, 0.3) is 0 Å². The van der Waals surface area contributed by atoms with Crippen molar-refractivity contribution in [3.05, 3.63) is 40.1 Å². The van der Waals surface area contributed by atoms with Gasteiger partial charge in [-0.05, 0) is 17.7 Å². The molecular formula is C11H8N4O3S. The molecule has 7 nitrogen and oxygen atoms in total. The molecule has 0 aliphatic heterocycles. The van der Waals surface area contributed by atoms with Gasteiger partial charge >= 0.3 is 4.94 Å². The van der Waals surface area contributed by atoms with Crippen LogP contribution >= 0.6 is 11.3 Å². The van der Waals surface area contributed by atoms with E-state index in [4.69, 9.17) is 9.15 Å². The van der Waals surface area contributed by atoms with Gasteiger partial charge in [-0.3, -0.25) is 0 Å². The van der Waals surface area contributed by atoms with E-state index < -0.39 is 0 Å². The number of benzene rings is 1. The van der Waals surface area contributed by atoms with Crippen LogP contribution in [0.4, 0.5) is 0 Å². The van der Waals surface area contributed by atoms with Crippen LogP contribution in [0.1, 0.15) is 5.56 Å². The molecule has 8 heteroatoms. The van der Waals surface area contributed by atoms with Gasteiger partial charge in [-0.25, -0.2) is 9.47 Å². The highest BCUT2D eigenvalue weighted by Gasteiger charge is 2.09. The maximum absolute atomic E-state index is 11.3. The second-order valence-electron chi connectivity index (χ2n) is 3.59. The lowest BCUT2D eigenvalue weighted by atomic mass is 10.2. The highest BCUT2D eigenvalue weighted by Crippen LogP contribution is 2.28. The number of fused-ring (bicyclic) bond motifs is 1. The molecule has 0 saturated carbocycles. The number of hydrogen-bond acceptors (Lipinski definition) is 7. The molecule has 2 heterocycles. The summed E-state index contributed by atoms with van der Waals surface area (Å²) in [4.78, 5) is 10.9. The maximum Gasteiger partial charge on any atom is 0.396 e. The Hall–Kier alpha value is -2.48. The summed E-state index contributed by atoms with van der Waals surface area (Å²) in [5, 5.41) is 11.4. The summed E-state index contributed by atoms with van der Waals surface area (Å²) in [6.45, 7) is 0. The van der Waals surface area contributed by atoms with Gasteiger partial charge in [-0.2, -0.15) is 5.10 Å². The summed E-state index contributed by atoms with van der Waals surface area (Å²) in [6, 6.07) is 3.55. The molecule has 0 unspecified atom stereocenters. The summed E-state index contributed by atoms with van der Waals surface area (Å²) >= 11 is 1.02. The number of rotatable bonds is 3. The summed E-state index contributed by atoms with van der Waals surface area (Å²) in [5.74, 6) is 0.501. The third-order valence-corrected chi connectivity index (χ3v) is 3.16. The quantitative estimate of drug-likeness (QED) is 0.674. The van der Waals surface area contributed by atoms with Crippen LogP contribution in [0.3, 0.4) is 0 Å². The van der Waals surface area contributed by atoms with Gasteiger partial charge in [0.15, 0.2) is 11.3 Å². The molecule has 0 atom stereocenters. The molecule has 0 fully saturated rings. The summed E-state index contributed by atoms with van der Waals surface area (Å²) in [7, 11) is 1.52. The lowest BCUT2D eigenvalue weighted by Crippen LogP contribution is -1.90.